The molecule has 0 aliphatic carbocycles. The van der Waals surface area contributed by atoms with E-state index in [-0.39, 0.29) is 5.60 Å². The summed E-state index contributed by atoms with van der Waals surface area (Å²) in [6.45, 7) is 6.18. The van der Waals surface area contributed by atoms with E-state index in [0.29, 0.717) is 19.8 Å². The third-order valence-corrected chi connectivity index (χ3v) is 3.53. The van der Waals surface area contributed by atoms with Gasteiger partial charge < -0.3 is 14.8 Å². The van der Waals surface area contributed by atoms with Crippen molar-refractivity contribution < 1.29 is 9.47 Å². The summed E-state index contributed by atoms with van der Waals surface area (Å²) >= 11 is 0. The number of hydrogen-bond donors (Lipinski definition) is 1. The van der Waals surface area contributed by atoms with E-state index in [1.165, 1.54) is 0 Å². The third-order valence-electron chi connectivity index (χ3n) is 3.53. The molecule has 0 aromatic carbocycles. The van der Waals surface area contributed by atoms with Crippen LogP contribution < -0.4 is 5.32 Å². The molecule has 1 saturated heterocycles. The number of nitrogens with one attached hydrogen (secondary N) is 1. The van der Waals surface area contributed by atoms with E-state index in [9.17, 15) is 0 Å². The van der Waals surface area contributed by atoms with E-state index in [1.807, 2.05) is 20.0 Å². The highest BCUT2D eigenvalue weighted by Crippen LogP contribution is 2.34. The lowest BCUT2D eigenvalue weighted by Gasteiger charge is -2.35. The predicted molar refractivity (Wildman–Crippen MR) is 74.3 cm³/mol. The number of anilines is 1. The Morgan fingerprint density at radius 2 is 2.05 bits per heavy atom. The first-order chi connectivity index (χ1) is 9.24. The summed E-state index contributed by atoms with van der Waals surface area (Å²) < 4.78 is 11.5. The van der Waals surface area contributed by atoms with Crippen LogP contribution >= 0.6 is 0 Å². The topological polar surface area (TPSA) is 56.3 Å². The Labute approximate surface area is 114 Å². The van der Waals surface area contributed by atoms with Crippen molar-refractivity contribution in [1.82, 2.24) is 9.97 Å². The molecule has 106 valence electrons. The highest BCUT2D eigenvalue weighted by Gasteiger charge is 2.38. The van der Waals surface area contributed by atoms with Gasteiger partial charge in [0.1, 0.15) is 11.4 Å². The van der Waals surface area contributed by atoms with Crippen LogP contribution in [0.5, 0.6) is 0 Å². The fourth-order valence-electron chi connectivity index (χ4n) is 2.42. The number of aromatic nitrogens is 2. The number of ether oxygens (including phenoxy) is 2. The first-order valence-corrected chi connectivity index (χ1v) is 7.02. The smallest absolute Gasteiger partial charge is 0.163 e. The Morgan fingerprint density at radius 1 is 1.32 bits per heavy atom. The molecule has 1 aliphatic heterocycles. The molecule has 1 N–H and O–H groups in total. The molecule has 1 aromatic rings. The van der Waals surface area contributed by atoms with Crippen molar-refractivity contribution in [3.63, 3.8) is 0 Å². The highest BCUT2D eigenvalue weighted by atomic mass is 16.5. The number of hydrogen-bond acceptors (Lipinski definition) is 5. The van der Waals surface area contributed by atoms with Gasteiger partial charge in [0, 0.05) is 51.5 Å². The molecule has 0 amide bonds. The van der Waals surface area contributed by atoms with Gasteiger partial charge in [0.25, 0.3) is 0 Å². The van der Waals surface area contributed by atoms with Gasteiger partial charge in [0.2, 0.25) is 0 Å². The molecule has 0 radical (unpaired) electrons. The maximum atomic E-state index is 6.02. The van der Waals surface area contributed by atoms with Gasteiger partial charge in [-0.3, -0.25) is 0 Å². The number of rotatable bonds is 5. The number of nitrogens with zero attached hydrogens (tertiary/aromatic N) is 2. The monoisotopic (exact) mass is 265 g/mol. The first-order valence-electron chi connectivity index (χ1n) is 7.02. The second-order valence-corrected chi connectivity index (χ2v) is 4.71. The minimum Gasteiger partial charge on any atom is -0.381 e. The van der Waals surface area contributed by atoms with Gasteiger partial charge in [-0.25, -0.2) is 9.97 Å². The minimum absolute atomic E-state index is 0.385. The molecule has 0 unspecified atom stereocenters. The summed E-state index contributed by atoms with van der Waals surface area (Å²) in [7, 11) is 1.88. The second kappa shape index (κ2) is 6.30. The molecule has 19 heavy (non-hydrogen) atoms. The van der Waals surface area contributed by atoms with E-state index in [2.05, 4.69) is 22.2 Å². The van der Waals surface area contributed by atoms with Crippen molar-refractivity contribution in [3.8, 4) is 0 Å². The molecule has 0 atom stereocenters. The standard InChI is InChI=1S/C14H23N3O2/c1-4-11-10-12(15-3)17-13(16-11)14(19-5-2)6-8-18-9-7-14/h10H,4-9H2,1-3H3,(H,15,16,17). The van der Waals surface area contributed by atoms with Crippen LogP contribution in [0.15, 0.2) is 6.07 Å². The molecule has 5 heteroatoms. The Bertz CT molecular complexity index is 389. The lowest BCUT2D eigenvalue weighted by atomic mass is 9.92. The van der Waals surface area contributed by atoms with Crippen LogP contribution in [0, 0.1) is 0 Å². The van der Waals surface area contributed by atoms with Crippen molar-refractivity contribution in [2.24, 2.45) is 0 Å². The van der Waals surface area contributed by atoms with Gasteiger partial charge in [-0.05, 0) is 13.3 Å². The number of aryl methyl sites for hydroxylation is 1. The predicted octanol–water partition coefficient (Wildman–Crippen LogP) is 2.12. The Morgan fingerprint density at radius 3 is 2.63 bits per heavy atom. The lowest BCUT2D eigenvalue weighted by molar-refractivity contribution is -0.117. The normalized spacial score (nSPS) is 18.3. The molecule has 1 aromatic heterocycles. The quantitative estimate of drug-likeness (QED) is 0.883. The van der Waals surface area contributed by atoms with Crippen molar-refractivity contribution >= 4 is 5.82 Å². The summed E-state index contributed by atoms with van der Waals surface area (Å²) in [5.41, 5.74) is 0.656. The Balaban J connectivity index is 2.39. The average molecular weight is 265 g/mol. The van der Waals surface area contributed by atoms with Gasteiger partial charge in [0.05, 0.1) is 0 Å². The van der Waals surface area contributed by atoms with Gasteiger partial charge in [-0.2, -0.15) is 0 Å². The molecule has 0 bridgehead atoms. The van der Waals surface area contributed by atoms with Crippen LogP contribution in [-0.2, 0) is 21.5 Å². The summed E-state index contributed by atoms with van der Waals surface area (Å²) in [6, 6.07) is 1.99. The van der Waals surface area contributed by atoms with E-state index >= 15 is 0 Å². The second-order valence-electron chi connectivity index (χ2n) is 4.71. The highest BCUT2D eigenvalue weighted by molar-refractivity contribution is 5.36. The molecule has 2 rings (SSSR count). The summed E-state index contributed by atoms with van der Waals surface area (Å²) in [6.07, 6.45) is 2.53. The van der Waals surface area contributed by atoms with Crippen molar-refractivity contribution in [1.29, 1.82) is 0 Å². The summed E-state index contributed by atoms with van der Waals surface area (Å²) in [5.74, 6) is 1.65. The molecule has 0 spiro atoms. The molecule has 1 aliphatic rings. The van der Waals surface area contributed by atoms with E-state index < -0.39 is 0 Å². The zero-order chi connectivity index (χ0) is 13.7. The first kappa shape index (κ1) is 14.2. The van der Waals surface area contributed by atoms with Crippen LogP contribution in [0.1, 0.15) is 38.2 Å². The maximum Gasteiger partial charge on any atom is 0.163 e. The fourth-order valence-corrected chi connectivity index (χ4v) is 2.42. The molecule has 1 fully saturated rings. The van der Waals surface area contributed by atoms with Crippen LogP contribution in [-0.4, -0.2) is 36.8 Å². The molecule has 0 saturated carbocycles. The Kier molecular flexibility index (Phi) is 4.71. The fraction of sp³-hybridized carbons (Fsp3) is 0.714. The summed E-state index contributed by atoms with van der Waals surface area (Å²) in [5, 5.41) is 3.10. The Hall–Kier alpha value is -1.20. The van der Waals surface area contributed by atoms with Crippen LogP contribution in [0.4, 0.5) is 5.82 Å². The van der Waals surface area contributed by atoms with E-state index in [4.69, 9.17) is 9.47 Å². The average Bonchev–Trinajstić information content (AvgIpc) is 2.48. The molecule has 5 nitrogen and oxygen atoms in total. The van der Waals surface area contributed by atoms with Crippen molar-refractivity contribution in [2.75, 3.05) is 32.2 Å². The minimum atomic E-state index is -0.385. The maximum absolute atomic E-state index is 6.02. The van der Waals surface area contributed by atoms with Gasteiger partial charge in [0.15, 0.2) is 5.82 Å². The largest absolute Gasteiger partial charge is 0.381 e. The van der Waals surface area contributed by atoms with Crippen molar-refractivity contribution in [3.05, 3.63) is 17.6 Å². The van der Waals surface area contributed by atoms with E-state index in [1.54, 1.807) is 0 Å². The zero-order valence-electron chi connectivity index (χ0n) is 12.0. The lowest BCUT2D eigenvalue weighted by Crippen LogP contribution is -2.38. The molecular weight excluding hydrogens is 242 g/mol. The van der Waals surface area contributed by atoms with Gasteiger partial charge >= 0.3 is 0 Å². The SMILES string of the molecule is CCOC1(c2nc(CC)cc(NC)n2)CCOCC1. The van der Waals surface area contributed by atoms with Crippen LogP contribution in [0.25, 0.3) is 0 Å². The van der Waals surface area contributed by atoms with Gasteiger partial charge in [-0.15, -0.1) is 0 Å². The van der Waals surface area contributed by atoms with Crippen molar-refractivity contribution in [2.45, 2.75) is 38.7 Å². The molecule has 2 heterocycles. The van der Waals surface area contributed by atoms with E-state index in [0.717, 1.165) is 36.6 Å². The van der Waals surface area contributed by atoms with Crippen LogP contribution in [0.2, 0.25) is 0 Å². The molecular formula is C14H23N3O2. The van der Waals surface area contributed by atoms with Crippen LogP contribution in [0.3, 0.4) is 0 Å². The summed E-state index contributed by atoms with van der Waals surface area (Å²) in [4.78, 5) is 9.29. The zero-order valence-corrected chi connectivity index (χ0v) is 12.0. The van der Waals surface area contributed by atoms with Gasteiger partial charge in [-0.1, -0.05) is 6.92 Å². The third kappa shape index (κ3) is 3.04.